The number of imide groups is 1. The summed E-state index contributed by atoms with van der Waals surface area (Å²) >= 11 is 3.37. The number of carbonyl (C=O) groups is 8. The van der Waals surface area contributed by atoms with Crippen molar-refractivity contribution < 1.29 is 53.1 Å². The fourth-order valence-corrected chi connectivity index (χ4v) is 9.27. The lowest BCUT2D eigenvalue weighted by atomic mass is 10.0. The lowest BCUT2D eigenvalue weighted by Crippen LogP contribution is -2.71. The second-order valence-electron chi connectivity index (χ2n) is 12.6. The van der Waals surface area contributed by atoms with Crippen molar-refractivity contribution in [1.29, 1.82) is 0 Å². The van der Waals surface area contributed by atoms with Gasteiger partial charge < -0.3 is 30.7 Å². The van der Waals surface area contributed by atoms with Crippen LogP contribution in [0.5, 0.6) is 0 Å². The van der Waals surface area contributed by atoms with Crippen molar-refractivity contribution >= 4 is 100 Å². The van der Waals surface area contributed by atoms with Crippen LogP contribution in [0.25, 0.3) is 0 Å². The first-order valence-electron chi connectivity index (χ1n) is 17.3. The normalized spacial score (nSPS) is 18.7. The number of benzene rings is 2. The lowest BCUT2D eigenvalue weighted by molar-refractivity contribution is -0.384. The van der Waals surface area contributed by atoms with Gasteiger partial charge in [0, 0.05) is 54.5 Å². The van der Waals surface area contributed by atoms with Crippen LogP contribution in [0, 0.1) is 10.1 Å². The zero-order valence-corrected chi connectivity index (χ0v) is 33.0. The third-order valence-electron chi connectivity index (χ3n) is 9.02. The number of hydrogen-bond acceptors (Lipinski definition) is 16. The van der Waals surface area contributed by atoms with E-state index in [0.29, 0.717) is 21.2 Å². The SMILES string of the molecule is CCN1CCN(C(=O)Nc2cc(NC(=O)OCc3ccc([N+](=O)[O-])cc3)ccc2CC(=O)NC2S[C@H]3[C@H](NC=O)C(=O)N3C(C(=O)O)=C2CSc2nncs2)C(=O)C1=O. The Labute approximate surface area is 345 Å². The molecule has 22 nitrogen and oxygen atoms in total. The first kappa shape index (κ1) is 42.0. The summed E-state index contributed by atoms with van der Waals surface area (Å²) in [6.07, 6.45) is -1.07. The molecule has 3 atom stereocenters. The molecule has 3 aromatic rings. The molecule has 25 heteroatoms. The number of nitro benzene ring substituents is 1. The third kappa shape index (κ3) is 9.42. The van der Waals surface area contributed by atoms with Crippen molar-refractivity contribution in [3.63, 3.8) is 0 Å². The molecule has 4 heterocycles. The van der Waals surface area contributed by atoms with Crippen LogP contribution in [0.15, 0.2) is 63.6 Å². The van der Waals surface area contributed by atoms with Crippen LogP contribution in [-0.4, -0.2) is 125 Å². The van der Waals surface area contributed by atoms with E-state index in [0.717, 1.165) is 28.4 Å². The predicted molar refractivity (Wildman–Crippen MR) is 208 cm³/mol. The average Bonchev–Trinajstić information content (AvgIpc) is 3.74. The zero-order chi connectivity index (χ0) is 42.4. The molecule has 8 amide bonds. The number of β-lactam (4-membered cyclic amide) rings is 1. The monoisotopic (exact) mass is 868 g/mol. The Kier molecular flexibility index (Phi) is 13.1. The van der Waals surface area contributed by atoms with Crippen LogP contribution in [0.2, 0.25) is 0 Å². The van der Waals surface area contributed by atoms with E-state index in [4.69, 9.17) is 4.74 Å². The Bertz CT molecular complexity index is 2240. The van der Waals surface area contributed by atoms with Crippen molar-refractivity contribution in [3.05, 3.63) is 80.5 Å². The Morgan fingerprint density at radius 1 is 1.08 bits per heavy atom. The van der Waals surface area contributed by atoms with E-state index in [1.807, 2.05) is 0 Å². The molecule has 0 saturated carbocycles. The summed E-state index contributed by atoms with van der Waals surface area (Å²) < 4.78 is 5.73. The van der Waals surface area contributed by atoms with Crippen LogP contribution < -0.4 is 21.3 Å². The maximum Gasteiger partial charge on any atom is 0.411 e. The Morgan fingerprint density at radius 2 is 1.85 bits per heavy atom. The van der Waals surface area contributed by atoms with Crippen LogP contribution in [0.3, 0.4) is 0 Å². The number of amides is 8. The minimum atomic E-state index is -1.44. The summed E-state index contributed by atoms with van der Waals surface area (Å²) in [5, 5.41) is 37.3. The molecular weight excluding hydrogens is 837 g/mol. The van der Waals surface area contributed by atoms with E-state index in [9.17, 15) is 53.6 Å². The fourth-order valence-electron chi connectivity index (χ4n) is 6.10. The second-order valence-corrected chi connectivity index (χ2v) is 15.8. The van der Waals surface area contributed by atoms with Gasteiger partial charge in [0.2, 0.25) is 12.3 Å². The van der Waals surface area contributed by atoms with Gasteiger partial charge in [-0.25, -0.2) is 14.4 Å². The number of ether oxygens (including phenoxy) is 1. The molecule has 0 aliphatic carbocycles. The highest BCUT2D eigenvalue weighted by Crippen LogP contribution is 2.45. The number of aliphatic carboxylic acids is 1. The van der Waals surface area contributed by atoms with Gasteiger partial charge in [-0.05, 0) is 42.3 Å². The van der Waals surface area contributed by atoms with E-state index in [1.54, 1.807) is 6.92 Å². The number of fused-ring (bicyclic) bond motifs is 1. The number of non-ortho nitro benzene ring substituents is 1. The van der Waals surface area contributed by atoms with Gasteiger partial charge in [-0.3, -0.25) is 49.2 Å². The number of piperazine rings is 1. The van der Waals surface area contributed by atoms with Crippen molar-refractivity contribution in [3.8, 4) is 0 Å². The molecule has 1 aromatic heterocycles. The van der Waals surface area contributed by atoms with Crippen LogP contribution in [0.4, 0.5) is 26.7 Å². The van der Waals surface area contributed by atoms with Crippen LogP contribution >= 0.6 is 34.9 Å². The number of carboxylic acids is 1. The maximum absolute atomic E-state index is 13.8. The van der Waals surface area contributed by atoms with Gasteiger partial charge in [-0.15, -0.1) is 22.0 Å². The minimum absolute atomic E-state index is 0.0168. The molecule has 6 rings (SSSR count). The molecule has 308 valence electrons. The molecule has 0 bridgehead atoms. The maximum atomic E-state index is 13.8. The summed E-state index contributed by atoms with van der Waals surface area (Å²) in [5.41, 5.74) is 1.79. The van der Waals surface area contributed by atoms with Crippen molar-refractivity contribution in [1.82, 2.24) is 35.5 Å². The topological polar surface area (TPSA) is 293 Å². The largest absolute Gasteiger partial charge is 0.477 e. The summed E-state index contributed by atoms with van der Waals surface area (Å²) in [4.78, 5) is 116. The number of likely N-dealkylation sites (N-methyl/N-ethyl adjacent to an activating group) is 1. The molecular formula is C34H32N10O12S3. The van der Waals surface area contributed by atoms with Gasteiger partial charge in [-0.2, -0.15) is 0 Å². The highest BCUT2D eigenvalue weighted by Gasteiger charge is 2.56. The number of nitrogens with one attached hydrogen (secondary N) is 4. The zero-order valence-electron chi connectivity index (χ0n) is 30.5. The van der Waals surface area contributed by atoms with Crippen molar-refractivity contribution in [2.24, 2.45) is 0 Å². The van der Waals surface area contributed by atoms with E-state index >= 15 is 0 Å². The van der Waals surface area contributed by atoms with E-state index in [2.05, 4.69) is 31.5 Å². The molecule has 59 heavy (non-hydrogen) atoms. The van der Waals surface area contributed by atoms with Gasteiger partial charge in [0.15, 0.2) is 4.34 Å². The molecule has 0 spiro atoms. The number of hydrogen-bond donors (Lipinski definition) is 5. The Balaban J connectivity index is 1.23. The molecule has 2 fully saturated rings. The number of thioether (sulfide) groups is 2. The first-order chi connectivity index (χ1) is 28.3. The standard InChI is InChI=1S/C34H32N10O12S3/c1-2-41-9-10-42(29(49)28(41)48)32(52)38-22-12-19(37-33(53)56-13-17-3-7-20(8-4-17)44(54)55)6-5-18(22)11-23(46)39-26-21(14-57-34-40-36-16-58-34)25(31(50)51)43-27(47)24(35-15-45)30(43)59-26/h3-8,12,15-16,24,26,30H,2,9-11,13-14H2,1H3,(H,35,45)(H,37,53)(H,38,52)(H,39,46)(H,50,51)/t24-,26?,30+/m1/s1. The number of aromatic nitrogens is 2. The third-order valence-corrected chi connectivity index (χ3v) is 12.4. The predicted octanol–water partition coefficient (Wildman–Crippen LogP) is 1.56. The number of nitrogens with zero attached hydrogens (tertiary/aromatic N) is 6. The van der Waals surface area contributed by atoms with Crippen LogP contribution in [0.1, 0.15) is 18.1 Å². The first-order valence-corrected chi connectivity index (χ1v) is 20.1. The number of carbonyl (C=O) groups excluding carboxylic acids is 7. The van der Waals surface area contributed by atoms with Gasteiger partial charge in [0.05, 0.1) is 11.3 Å². The quantitative estimate of drug-likeness (QED) is 0.0362. The summed E-state index contributed by atoms with van der Waals surface area (Å²) in [7, 11) is 0. The molecule has 0 radical (unpaired) electrons. The average molecular weight is 869 g/mol. The summed E-state index contributed by atoms with van der Waals surface area (Å²) in [6.45, 7) is 1.65. The number of carboxylic acid groups (broad SMARTS) is 1. The smallest absolute Gasteiger partial charge is 0.411 e. The molecule has 3 aliphatic rings. The van der Waals surface area contributed by atoms with E-state index in [-0.39, 0.29) is 65.9 Å². The Morgan fingerprint density at radius 3 is 2.51 bits per heavy atom. The molecule has 5 N–H and O–H groups in total. The molecule has 2 aromatic carbocycles. The van der Waals surface area contributed by atoms with Gasteiger partial charge in [-0.1, -0.05) is 29.2 Å². The highest BCUT2D eigenvalue weighted by molar-refractivity contribution is 8.02. The molecule has 1 unspecified atom stereocenters. The number of nitro groups is 1. The number of rotatable bonds is 15. The summed E-state index contributed by atoms with van der Waals surface area (Å²) in [6, 6.07) is 7.37. The van der Waals surface area contributed by atoms with Crippen molar-refractivity contribution in [2.75, 3.05) is 36.0 Å². The number of anilines is 2. The van der Waals surface area contributed by atoms with Gasteiger partial charge in [0.1, 0.15) is 34.6 Å². The second kappa shape index (κ2) is 18.3. The van der Waals surface area contributed by atoms with Gasteiger partial charge in [0.25, 0.3) is 11.6 Å². The molecule has 3 aliphatic heterocycles. The Hall–Kier alpha value is -6.60. The molecule has 2 saturated heterocycles. The van der Waals surface area contributed by atoms with Crippen molar-refractivity contribution in [2.45, 2.75) is 41.1 Å². The van der Waals surface area contributed by atoms with Gasteiger partial charge >= 0.3 is 29.9 Å². The van der Waals surface area contributed by atoms with E-state index < -0.39 is 69.9 Å². The minimum Gasteiger partial charge on any atom is -0.477 e. The van der Waals surface area contributed by atoms with Crippen LogP contribution in [-0.2, 0) is 46.5 Å². The lowest BCUT2D eigenvalue weighted by Gasteiger charge is -2.51. The fraction of sp³-hybridized carbons (Fsp3) is 0.294. The highest BCUT2D eigenvalue weighted by atomic mass is 32.2. The summed E-state index contributed by atoms with van der Waals surface area (Å²) in [5.74, 6) is -4.72. The van der Waals surface area contributed by atoms with E-state index in [1.165, 1.54) is 64.2 Å². The number of urea groups is 1.